The van der Waals surface area contributed by atoms with E-state index in [1.807, 2.05) is 24.3 Å². The van der Waals surface area contributed by atoms with Gasteiger partial charge in [-0.1, -0.05) is 17.3 Å². The average Bonchev–Trinajstić information content (AvgIpc) is 3.22. The first-order valence-electron chi connectivity index (χ1n) is 7.48. The van der Waals surface area contributed by atoms with Crippen molar-refractivity contribution in [3.63, 3.8) is 0 Å². The highest BCUT2D eigenvalue weighted by molar-refractivity contribution is 5.49. The maximum Gasteiger partial charge on any atom is 0.390 e. The van der Waals surface area contributed by atoms with Crippen LogP contribution in [0.2, 0.25) is 0 Å². The van der Waals surface area contributed by atoms with E-state index in [0.717, 1.165) is 11.3 Å². The lowest BCUT2D eigenvalue weighted by atomic mass is 10.1. The van der Waals surface area contributed by atoms with Gasteiger partial charge in [-0.05, 0) is 17.7 Å². The molecule has 25 heavy (non-hydrogen) atoms. The Labute approximate surface area is 141 Å². The maximum absolute atomic E-state index is 12.2. The van der Waals surface area contributed by atoms with Crippen molar-refractivity contribution in [2.24, 2.45) is 0 Å². The fourth-order valence-electron chi connectivity index (χ4n) is 2.21. The van der Waals surface area contributed by atoms with E-state index in [1.165, 1.54) is 17.1 Å². The summed E-state index contributed by atoms with van der Waals surface area (Å²) in [7, 11) is 1.59. The number of ether oxygens (including phenoxy) is 1. The molecule has 0 aliphatic rings. The summed E-state index contributed by atoms with van der Waals surface area (Å²) in [5, 5.41) is 7.77. The molecule has 132 valence electrons. The summed E-state index contributed by atoms with van der Waals surface area (Å²) in [6, 6.07) is 7.45. The van der Waals surface area contributed by atoms with Gasteiger partial charge < -0.3 is 9.26 Å². The fraction of sp³-hybridized carbons (Fsp3) is 0.312. The van der Waals surface area contributed by atoms with E-state index in [4.69, 9.17) is 9.26 Å². The monoisotopic (exact) mass is 352 g/mol. The van der Waals surface area contributed by atoms with E-state index >= 15 is 0 Å². The van der Waals surface area contributed by atoms with Gasteiger partial charge in [0.25, 0.3) is 5.89 Å². The number of hydrogen-bond acceptors (Lipinski definition) is 5. The Bertz CT molecular complexity index is 825. The van der Waals surface area contributed by atoms with E-state index in [9.17, 15) is 13.2 Å². The Kier molecular flexibility index (Phi) is 4.73. The van der Waals surface area contributed by atoms with Gasteiger partial charge in [-0.15, -0.1) is 0 Å². The van der Waals surface area contributed by atoms with Crippen LogP contribution in [0.3, 0.4) is 0 Å². The van der Waals surface area contributed by atoms with Gasteiger partial charge in [-0.2, -0.15) is 23.3 Å². The zero-order valence-electron chi connectivity index (χ0n) is 13.3. The van der Waals surface area contributed by atoms with Gasteiger partial charge in [-0.25, -0.2) is 0 Å². The maximum atomic E-state index is 12.2. The number of aromatic nitrogens is 4. The van der Waals surface area contributed by atoms with E-state index in [0.29, 0.717) is 17.8 Å². The Hall–Kier alpha value is -2.84. The Morgan fingerprint density at radius 1 is 1.20 bits per heavy atom. The fourth-order valence-corrected chi connectivity index (χ4v) is 2.21. The van der Waals surface area contributed by atoms with Gasteiger partial charge in [0.15, 0.2) is 5.82 Å². The summed E-state index contributed by atoms with van der Waals surface area (Å²) >= 11 is 0. The molecule has 3 rings (SSSR count). The summed E-state index contributed by atoms with van der Waals surface area (Å²) in [6.07, 6.45) is -1.84. The molecule has 0 fully saturated rings. The third-order valence-electron chi connectivity index (χ3n) is 3.49. The predicted molar refractivity (Wildman–Crippen MR) is 82.0 cm³/mol. The summed E-state index contributed by atoms with van der Waals surface area (Å²) in [4.78, 5) is 4.26. The Morgan fingerprint density at radius 3 is 2.64 bits per heavy atom. The number of halogens is 3. The second kappa shape index (κ2) is 6.96. The largest absolute Gasteiger partial charge is 0.497 e. The van der Waals surface area contributed by atoms with Crippen molar-refractivity contribution in [2.75, 3.05) is 7.11 Å². The second-order valence-electron chi connectivity index (χ2n) is 5.40. The molecule has 0 amide bonds. The minimum Gasteiger partial charge on any atom is -0.497 e. The molecule has 0 bridgehead atoms. The van der Waals surface area contributed by atoms with E-state index < -0.39 is 12.6 Å². The summed E-state index contributed by atoms with van der Waals surface area (Å²) in [6.45, 7) is -0.254. The van der Waals surface area contributed by atoms with Gasteiger partial charge in [0.1, 0.15) is 5.75 Å². The van der Waals surface area contributed by atoms with Crippen LogP contribution in [0, 0.1) is 0 Å². The number of aryl methyl sites for hydroxylation is 1. The number of methoxy groups -OCH3 is 1. The lowest BCUT2D eigenvalue weighted by Gasteiger charge is -2.05. The van der Waals surface area contributed by atoms with Crippen LogP contribution >= 0.6 is 0 Å². The highest BCUT2D eigenvalue weighted by Crippen LogP contribution is 2.22. The van der Waals surface area contributed by atoms with Crippen LogP contribution in [0.5, 0.6) is 5.75 Å². The van der Waals surface area contributed by atoms with Crippen LogP contribution in [0.1, 0.15) is 17.8 Å². The predicted octanol–water partition coefficient (Wildman–Crippen LogP) is 3.48. The topological polar surface area (TPSA) is 66.0 Å². The Morgan fingerprint density at radius 2 is 1.96 bits per heavy atom. The van der Waals surface area contributed by atoms with Crippen molar-refractivity contribution < 1.29 is 22.4 Å². The van der Waals surface area contributed by atoms with E-state index in [2.05, 4.69) is 15.2 Å². The first-order valence-corrected chi connectivity index (χ1v) is 7.48. The minimum atomic E-state index is -4.22. The van der Waals surface area contributed by atoms with Crippen molar-refractivity contribution in [1.82, 2.24) is 19.9 Å². The third kappa shape index (κ3) is 4.59. The molecule has 0 spiro atoms. The molecule has 0 aliphatic carbocycles. The molecule has 9 heteroatoms. The standard InChI is InChI=1S/C16H15F3N4O2/c1-24-13-4-2-11(3-5-13)8-14-21-15(25-22-14)12-9-20-23(10-12)7-6-16(17,18)19/h2-5,9-10H,6-8H2,1H3. The molecule has 0 atom stereocenters. The lowest BCUT2D eigenvalue weighted by Crippen LogP contribution is -2.12. The first kappa shape index (κ1) is 17.0. The van der Waals surface area contributed by atoms with Crippen molar-refractivity contribution in [3.8, 4) is 17.2 Å². The quantitative estimate of drug-likeness (QED) is 0.679. The van der Waals surface area contributed by atoms with Crippen LogP contribution in [0.15, 0.2) is 41.2 Å². The summed E-state index contributed by atoms with van der Waals surface area (Å²) in [5.41, 5.74) is 1.46. The second-order valence-corrected chi connectivity index (χ2v) is 5.40. The molecule has 1 aromatic carbocycles. The number of nitrogens with zero attached hydrogens (tertiary/aromatic N) is 4. The molecule has 2 aromatic heterocycles. The molecular weight excluding hydrogens is 337 g/mol. The third-order valence-corrected chi connectivity index (χ3v) is 3.49. The van der Waals surface area contributed by atoms with Crippen LogP contribution in [0.4, 0.5) is 13.2 Å². The van der Waals surface area contributed by atoms with Crippen molar-refractivity contribution >= 4 is 0 Å². The SMILES string of the molecule is COc1ccc(Cc2noc(-c3cnn(CCC(F)(F)F)c3)n2)cc1. The number of benzene rings is 1. The molecule has 0 aliphatic heterocycles. The van der Waals surface area contributed by atoms with E-state index in [1.54, 1.807) is 7.11 Å². The average molecular weight is 352 g/mol. The molecule has 6 nitrogen and oxygen atoms in total. The normalized spacial score (nSPS) is 11.7. The van der Waals surface area contributed by atoms with E-state index in [-0.39, 0.29) is 12.4 Å². The van der Waals surface area contributed by atoms with Crippen LogP contribution < -0.4 is 4.74 Å². The van der Waals surface area contributed by atoms with Crippen LogP contribution in [0.25, 0.3) is 11.5 Å². The summed E-state index contributed by atoms with van der Waals surface area (Å²) in [5.74, 6) is 1.45. The number of rotatable bonds is 6. The molecule has 2 heterocycles. The Balaban J connectivity index is 1.65. The number of hydrogen-bond donors (Lipinski definition) is 0. The van der Waals surface area contributed by atoms with Gasteiger partial charge in [-0.3, -0.25) is 4.68 Å². The highest BCUT2D eigenvalue weighted by Gasteiger charge is 2.26. The van der Waals surface area contributed by atoms with Crippen LogP contribution in [-0.2, 0) is 13.0 Å². The lowest BCUT2D eigenvalue weighted by molar-refractivity contribution is -0.137. The smallest absolute Gasteiger partial charge is 0.390 e. The van der Waals surface area contributed by atoms with Crippen molar-refractivity contribution in [2.45, 2.75) is 25.6 Å². The zero-order chi connectivity index (χ0) is 17.9. The van der Waals surface area contributed by atoms with Gasteiger partial charge in [0.05, 0.1) is 25.3 Å². The van der Waals surface area contributed by atoms with Crippen molar-refractivity contribution in [1.29, 1.82) is 0 Å². The zero-order valence-corrected chi connectivity index (χ0v) is 13.3. The van der Waals surface area contributed by atoms with Gasteiger partial charge >= 0.3 is 6.18 Å². The van der Waals surface area contributed by atoms with Gasteiger partial charge in [0, 0.05) is 19.2 Å². The van der Waals surface area contributed by atoms with Crippen LogP contribution in [-0.4, -0.2) is 33.2 Å². The first-order chi connectivity index (χ1) is 11.9. The van der Waals surface area contributed by atoms with Crippen molar-refractivity contribution in [3.05, 3.63) is 48.0 Å². The van der Waals surface area contributed by atoms with Gasteiger partial charge in [0.2, 0.25) is 0 Å². The molecule has 0 saturated heterocycles. The summed E-state index contributed by atoms with van der Waals surface area (Å²) < 4.78 is 48.2. The molecular formula is C16H15F3N4O2. The number of alkyl halides is 3. The molecule has 3 aromatic rings. The molecule has 0 radical (unpaired) electrons. The highest BCUT2D eigenvalue weighted by atomic mass is 19.4. The molecule has 0 N–H and O–H groups in total. The minimum absolute atomic E-state index is 0.224. The molecule has 0 unspecified atom stereocenters. The molecule has 0 saturated carbocycles.